The van der Waals surface area contributed by atoms with E-state index in [0.717, 1.165) is 0 Å². The van der Waals surface area contributed by atoms with Crippen molar-refractivity contribution in [1.29, 1.82) is 0 Å². The van der Waals surface area contributed by atoms with Crippen LogP contribution in [0, 0.1) is 5.82 Å². The van der Waals surface area contributed by atoms with E-state index in [1.807, 2.05) is 0 Å². The molecule has 0 bridgehead atoms. The van der Waals surface area contributed by atoms with Gasteiger partial charge in [0.2, 0.25) is 5.91 Å². The van der Waals surface area contributed by atoms with Crippen molar-refractivity contribution in [3.05, 3.63) is 30.1 Å². The number of hydrogen-bond acceptors (Lipinski definition) is 4. The lowest BCUT2D eigenvalue weighted by molar-refractivity contribution is -0.126. The molecule has 1 N–H and O–H groups in total. The van der Waals surface area contributed by atoms with Crippen molar-refractivity contribution in [3.63, 3.8) is 0 Å². The minimum Gasteiger partial charge on any atom is -0.382 e. The number of halogens is 1. The minimum atomic E-state index is -0.484. The average molecular weight is 298 g/mol. The monoisotopic (exact) mass is 298 g/mol. The van der Waals surface area contributed by atoms with Crippen LogP contribution < -0.4 is 10.2 Å². The lowest BCUT2D eigenvalue weighted by Gasteiger charge is -2.22. The van der Waals surface area contributed by atoms with Gasteiger partial charge >= 0.3 is 0 Å². The number of likely N-dealkylation sites (N-methyl/N-ethyl adjacent to an activating group) is 1. The average Bonchev–Trinajstić information content (AvgIpc) is 2.48. The van der Waals surface area contributed by atoms with Crippen LogP contribution in [0.3, 0.4) is 0 Å². The summed E-state index contributed by atoms with van der Waals surface area (Å²) >= 11 is 0. The maximum absolute atomic E-state index is 13.3. The Balaban J connectivity index is 2.76. The van der Waals surface area contributed by atoms with Crippen LogP contribution in [0.2, 0.25) is 0 Å². The van der Waals surface area contributed by atoms with E-state index in [2.05, 4.69) is 5.32 Å². The first-order valence-electron chi connectivity index (χ1n) is 6.41. The molecule has 1 rings (SSSR count). The molecule has 0 spiro atoms. The smallest absolute Gasteiger partial charge is 0.253 e. The molecule has 21 heavy (non-hydrogen) atoms. The second-order valence-electron chi connectivity index (χ2n) is 4.18. The van der Waals surface area contributed by atoms with E-state index in [9.17, 15) is 14.0 Å². The third kappa shape index (κ3) is 5.88. The summed E-state index contributed by atoms with van der Waals surface area (Å²) in [5, 5.41) is 2.42. The molecule has 0 radical (unpaired) electrons. The largest absolute Gasteiger partial charge is 0.382 e. The summed E-state index contributed by atoms with van der Waals surface area (Å²) < 4.78 is 23.2. The third-order valence-corrected chi connectivity index (χ3v) is 2.66. The van der Waals surface area contributed by atoms with Gasteiger partial charge in [-0.3, -0.25) is 9.59 Å². The summed E-state index contributed by atoms with van der Waals surface area (Å²) in [6, 6.07) is 5.48. The van der Waals surface area contributed by atoms with Gasteiger partial charge in [-0.2, -0.15) is 0 Å². The van der Waals surface area contributed by atoms with Crippen molar-refractivity contribution in [2.24, 2.45) is 0 Å². The highest BCUT2D eigenvalue weighted by molar-refractivity contribution is 5.99. The number of rotatable bonds is 8. The quantitative estimate of drug-likeness (QED) is 0.712. The molecule has 7 heteroatoms. The van der Waals surface area contributed by atoms with E-state index in [-0.39, 0.29) is 25.7 Å². The molecule has 0 aliphatic rings. The first-order valence-corrected chi connectivity index (χ1v) is 6.41. The van der Waals surface area contributed by atoms with Gasteiger partial charge in [0.25, 0.3) is 5.91 Å². The number of anilines is 1. The minimum absolute atomic E-state index is 0.202. The second-order valence-corrected chi connectivity index (χ2v) is 4.18. The number of benzene rings is 1. The molecule has 0 saturated heterocycles. The molecule has 0 aliphatic heterocycles. The molecule has 0 aromatic heterocycles. The van der Waals surface area contributed by atoms with Crippen molar-refractivity contribution >= 4 is 17.5 Å². The fraction of sp³-hybridized carbons (Fsp3) is 0.429. The maximum Gasteiger partial charge on any atom is 0.253 e. The van der Waals surface area contributed by atoms with E-state index in [4.69, 9.17) is 9.47 Å². The Morgan fingerprint density at radius 2 is 2.10 bits per heavy atom. The molecule has 2 amide bonds. The number of ether oxygens (including phenoxy) is 2. The zero-order valence-corrected chi connectivity index (χ0v) is 12.1. The van der Waals surface area contributed by atoms with E-state index in [1.165, 1.54) is 37.3 Å². The number of hydrogen-bond donors (Lipinski definition) is 1. The Hall–Kier alpha value is -1.99. The summed E-state index contributed by atoms with van der Waals surface area (Å²) in [5.41, 5.74) is 0.305. The molecular formula is C14H19FN2O4. The SMILES string of the molecule is CNC(=O)CN(C(=O)COCCOC)c1cccc(F)c1. The number of carbonyl (C=O) groups is 2. The number of amides is 2. The van der Waals surface area contributed by atoms with E-state index in [1.54, 1.807) is 6.07 Å². The molecule has 0 aliphatic carbocycles. The van der Waals surface area contributed by atoms with Gasteiger partial charge in [0.1, 0.15) is 19.0 Å². The van der Waals surface area contributed by atoms with Crippen LogP contribution in [-0.4, -0.2) is 52.3 Å². The number of carbonyl (C=O) groups excluding carboxylic acids is 2. The van der Waals surface area contributed by atoms with Gasteiger partial charge in [0.05, 0.1) is 13.2 Å². The van der Waals surface area contributed by atoms with Crippen LogP contribution >= 0.6 is 0 Å². The number of nitrogens with zero attached hydrogens (tertiary/aromatic N) is 1. The van der Waals surface area contributed by atoms with Gasteiger partial charge in [-0.25, -0.2) is 4.39 Å². The topological polar surface area (TPSA) is 67.9 Å². The zero-order chi connectivity index (χ0) is 15.7. The highest BCUT2D eigenvalue weighted by Gasteiger charge is 2.19. The number of methoxy groups -OCH3 is 1. The Bertz CT molecular complexity index is 482. The fourth-order valence-electron chi connectivity index (χ4n) is 1.57. The van der Waals surface area contributed by atoms with Gasteiger partial charge in [-0.1, -0.05) is 6.07 Å². The zero-order valence-electron chi connectivity index (χ0n) is 12.1. The molecule has 6 nitrogen and oxygen atoms in total. The summed E-state index contributed by atoms with van der Waals surface area (Å²) in [7, 11) is 2.99. The molecule has 1 aromatic carbocycles. The van der Waals surface area contributed by atoms with E-state index >= 15 is 0 Å². The molecule has 0 unspecified atom stereocenters. The Kier molecular flexibility index (Phi) is 7.34. The van der Waals surface area contributed by atoms with Gasteiger partial charge < -0.3 is 19.7 Å². The molecule has 0 heterocycles. The number of nitrogens with one attached hydrogen (secondary N) is 1. The Labute approximate surface area is 122 Å². The van der Waals surface area contributed by atoms with Crippen molar-refractivity contribution in [2.75, 3.05) is 45.4 Å². The fourth-order valence-corrected chi connectivity index (χ4v) is 1.57. The lowest BCUT2D eigenvalue weighted by Crippen LogP contribution is -2.41. The molecule has 0 fully saturated rings. The lowest BCUT2D eigenvalue weighted by atomic mass is 10.2. The Morgan fingerprint density at radius 3 is 2.71 bits per heavy atom. The Morgan fingerprint density at radius 1 is 1.33 bits per heavy atom. The molecule has 0 saturated carbocycles. The summed E-state index contributed by atoms with van der Waals surface area (Å²) in [5.74, 6) is -1.27. The third-order valence-electron chi connectivity index (χ3n) is 2.66. The molecule has 116 valence electrons. The van der Waals surface area contributed by atoms with Crippen LogP contribution in [-0.2, 0) is 19.1 Å². The van der Waals surface area contributed by atoms with Gasteiger partial charge in [-0.05, 0) is 18.2 Å². The van der Waals surface area contributed by atoms with Gasteiger partial charge in [0.15, 0.2) is 0 Å². The van der Waals surface area contributed by atoms with Crippen LogP contribution in [0.4, 0.5) is 10.1 Å². The maximum atomic E-state index is 13.3. The second kappa shape index (κ2) is 9.04. The summed E-state index contributed by atoms with van der Waals surface area (Å²) in [6.07, 6.45) is 0. The van der Waals surface area contributed by atoms with Gasteiger partial charge in [0, 0.05) is 19.8 Å². The van der Waals surface area contributed by atoms with Crippen LogP contribution in [0.15, 0.2) is 24.3 Å². The van der Waals surface area contributed by atoms with Gasteiger partial charge in [-0.15, -0.1) is 0 Å². The molecular weight excluding hydrogens is 279 g/mol. The van der Waals surface area contributed by atoms with Crippen molar-refractivity contribution < 1.29 is 23.5 Å². The molecule has 0 atom stereocenters. The van der Waals surface area contributed by atoms with E-state index in [0.29, 0.717) is 12.3 Å². The predicted octanol–water partition coefficient (Wildman–Crippen LogP) is 0.568. The standard InChI is InChI=1S/C14H19FN2O4/c1-16-13(18)9-17(12-5-3-4-11(15)8-12)14(19)10-21-7-6-20-2/h3-5,8H,6-7,9-10H2,1-2H3,(H,16,18). The van der Waals surface area contributed by atoms with Crippen molar-refractivity contribution in [1.82, 2.24) is 5.32 Å². The van der Waals surface area contributed by atoms with Crippen LogP contribution in [0.5, 0.6) is 0 Å². The molecule has 1 aromatic rings. The summed E-state index contributed by atoms with van der Waals surface area (Å²) in [6.45, 7) is 0.213. The van der Waals surface area contributed by atoms with Crippen molar-refractivity contribution in [3.8, 4) is 0 Å². The first kappa shape index (κ1) is 17.1. The van der Waals surface area contributed by atoms with Crippen LogP contribution in [0.1, 0.15) is 0 Å². The van der Waals surface area contributed by atoms with Crippen LogP contribution in [0.25, 0.3) is 0 Å². The first-order chi connectivity index (χ1) is 10.1. The normalized spacial score (nSPS) is 10.2. The van der Waals surface area contributed by atoms with Crippen molar-refractivity contribution in [2.45, 2.75) is 0 Å². The highest BCUT2D eigenvalue weighted by Crippen LogP contribution is 2.15. The predicted molar refractivity (Wildman–Crippen MR) is 75.5 cm³/mol. The van der Waals surface area contributed by atoms with E-state index < -0.39 is 11.7 Å². The summed E-state index contributed by atoms with van der Waals surface area (Å²) in [4.78, 5) is 24.8. The highest BCUT2D eigenvalue weighted by atomic mass is 19.1.